The van der Waals surface area contributed by atoms with Crippen LogP contribution >= 0.6 is 0 Å². The molecule has 2 rings (SSSR count). The number of nitrogens with zero attached hydrogens (tertiary/aromatic N) is 3. The largest absolute Gasteiger partial charge is 0.394 e. The first-order chi connectivity index (χ1) is 7.70. The smallest absolute Gasteiger partial charge is 0.152 e. The van der Waals surface area contributed by atoms with Crippen molar-refractivity contribution in [3.8, 4) is 0 Å². The molecule has 0 amide bonds. The third kappa shape index (κ3) is 2.12. The second-order valence-electron chi connectivity index (χ2n) is 3.61. The Morgan fingerprint density at radius 2 is 2.38 bits per heavy atom. The lowest BCUT2D eigenvalue weighted by molar-refractivity contribution is 0.105. The lowest BCUT2D eigenvalue weighted by Crippen LogP contribution is -2.23. The van der Waals surface area contributed by atoms with Crippen molar-refractivity contribution in [1.29, 1.82) is 0 Å². The van der Waals surface area contributed by atoms with E-state index in [-0.39, 0.29) is 13.2 Å². The van der Waals surface area contributed by atoms with Crippen LogP contribution in [0, 0.1) is 6.92 Å². The van der Waals surface area contributed by atoms with Crippen molar-refractivity contribution >= 4 is 11.3 Å². The number of aliphatic hydroxyl groups excluding tert-OH is 2. The molecule has 3 N–H and O–H groups in total. The molecule has 0 saturated carbocycles. The van der Waals surface area contributed by atoms with E-state index in [4.69, 9.17) is 5.11 Å². The first kappa shape index (κ1) is 10.8. The maximum absolute atomic E-state index is 9.23. The highest BCUT2D eigenvalue weighted by molar-refractivity contribution is 5.67. The lowest BCUT2D eigenvalue weighted by atomic mass is 10.3. The summed E-state index contributed by atoms with van der Waals surface area (Å²) in [6, 6.07) is 1.90. The van der Waals surface area contributed by atoms with Crippen molar-refractivity contribution in [2.45, 2.75) is 13.0 Å². The molecular weight excluding hydrogens is 208 g/mol. The van der Waals surface area contributed by atoms with Crippen molar-refractivity contribution in [3.63, 3.8) is 0 Å². The highest BCUT2D eigenvalue weighted by atomic mass is 16.3. The molecule has 16 heavy (non-hydrogen) atoms. The van der Waals surface area contributed by atoms with Crippen LogP contribution in [0.25, 0.3) is 5.52 Å². The molecule has 2 heterocycles. The zero-order valence-corrected chi connectivity index (χ0v) is 8.96. The average molecular weight is 222 g/mol. The number of aromatic nitrogens is 3. The van der Waals surface area contributed by atoms with Crippen LogP contribution in [-0.4, -0.2) is 44.1 Å². The molecule has 0 spiro atoms. The molecule has 0 aliphatic rings. The molecule has 0 aliphatic carbocycles. The minimum atomic E-state index is -0.786. The summed E-state index contributed by atoms with van der Waals surface area (Å²) in [5.41, 5.74) is 1.75. The molecule has 1 atom stereocenters. The number of nitrogens with one attached hydrogen (secondary N) is 1. The van der Waals surface area contributed by atoms with Crippen molar-refractivity contribution in [2.24, 2.45) is 0 Å². The van der Waals surface area contributed by atoms with Gasteiger partial charge in [-0.25, -0.2) is 9.50 Å². The predicted octanol–water partition coefficient (Wildman–Crippen LogP) is -0.197. The number of fused-ring (bicyclic) bond motifs is 1. The first-order valence-corrected chi connectivity index (χ1v) is 5.04. The molecular formula is C10H14N4O2. The van der Waals surface area contributed by atoms with Crippen LogP contribution in [0.3, 0.4) is 0 Å². The van der Waals surface area contributed by atoms with Crippen LogP contribution in [0.5, 0.6) is 0 Å². The second kappa shape index (κ2) is 4.46. The number of aryl methyl sites for hydroxylation is 1. The minimum absolute atomic E-state index is 0.257. The molecule has 0 aliphatic heterocycles. The van der Waals surface area contributed by atoms with Gasteiger partial charge < -0.3 is 15.5 Å². The van der Waals surface area contributed by atoms with E-state index in [1.807, 2.05) is 13.0 Å². The SMILES string of the molecule is Cc1cc2c(NCC(O)CO)nccn2n1. The van der Waals surface area contributed by atoms with Crippen LogP contribution in [0.1, 0.15) is 5.69 Å². The summed E-state index contributed by atoms with van der Waals surface area (Å²) in [6.45, 7) is 1.89. The van der Waals surface area contributed by atoms with E-state index in [0.717, 1.165) is 11.2 Å². The normalized spacial score (nSPS) is 12.9. The number of aliphatic hydroxyl groups is 2. The van der Waals surface area contributed by atoms with Gasteiger partial charge in [0.25, 0.3) is 0 Å². The van der Waals surface area contributed by atoms with E-state index < -0.39 is 6.10 Å². The van der Waals surface area contributed by atoms with Gasteiger partial charge in [0, 0.05) is 18.9 Å². The van der Waals surface area contributed by atoms with Gasteiger partial charge in [-0.15, -0.1) is 0 Å². The summed E-state index contributed by atoms with van der Waals surface area (Å²) >= 11 is 0. The Balaban J connectivity index is 2.23. The number of anilines is 1. The number of rotatable bonds is 4. The fraction of sp³-hybridized carbons (Fsp3) is 0.400. The Morgan fingerprint density at radius 3 is 3.12 bits per heavy atom. The van der Waals surface area contributed by atoms with Gasteiger partial charge in [0.1, 0.15) is 5.52 Å². The summed E-state index contributed by atoms with van der Waals surface area (Å²) in [5.74, 6) is 0.649. The van der Waals surface area contributed by atoms with Gasteiger partial charge in [0.05, 0.1) is 18.4 Å². The Labute approximate surface area is 92.6 Å². The van der Waals surface area contributed by atoms with Gasteiger partial charge in [-0.1, -0.05) is 0 Å². The van der Waals surface area contributed by atoms with Gasteiger partial charge in [0.15, 0.2) is 5.82 Å². The number of hydrogen-bond donors (Lipinski definition) is 3. The van der Waals surface area contributed by atoms with Crippen LogP contribution in [0.4, 0.5) is 5.82 Å². The highest BCUT2D eigenvalue weighted by Gasteiger charge is 2.07. The zero-order valence-electron chi connectivity index (χ0n) is 8.96. The molecule has 0 aromatic carbocycles. The van der Waals surface area contributed by atoms with E-state index >= 15 is 0 Å². The average Bonchev–Trinajstić information content (AvgIpc) is 2.66. The van der Waals surface area contributed by atoms with Gasteiger partial charge in [-0.05, 0) is 13.0 Å². The Hall–Kier alpha value is -1.66. The molecule has 2 aromatic heterocycles. The van der Waals surface area contributed by atoms with Crippen LogP contribution in [0.2, 0.25) is 0 Å². The van der Waals surface area contributed by atoms with E-state index in [2.05, 4.69) is 15.4 Å². The fourth-order valence-corrected chi connectivity index (χ4v) is 1.46. The molecule has 86 valence electrons. The maximum atomic E-state index is 9.23. The van der Waals surface area contributed by atoms with E-state index in [1.165, 1.54) is 0 Å². The molecule has 6 nitrogen and oxygen atoms in total. The standard InChI is InChI=1S/C10H14N4O2/c1-7-4-9-10(12-5-8(16)6-15)11-2-3-14(9)13-7/h2-4,8,15-16H,5-6H2,1H3,(H,11,12). The Kier molecular flexibility index (Phi) is 3.02. The summed E-state index contributed by atoms with van der Waals surface area (Å²) in [4.78, 5) is 4.16. The summed E-state index contributed by atoms with van der Waals surface area (Å²) in [5, 5.41) is 25.2. The molecule has 0 bridgehead atoms. The zero-order chi connectivity index (χ0) is 11.5. The second-order valence-corrected chi connectivity index (χ2v) is 3.61. The van der Waals surface area contributed by atoms with Crippen LogP contribution < -0.4 is 5.32 Å². The van der Waals surface area contributed by atoms with Crippen molar-refractivity contribution in [1.82, 2.24) is 14.6 Å². The topological polar surface area (TPSA) is 82.7 Å². The molecule has 1 unspecified atom stereocenters. The Bertz CT molecular complexity index is 483. The molecule has 0 fully saturated rings. The van der Waals surface area contributed by atoms with Crippen molar-refractivity contribution in [2.75, 3.05) is 18.5 Å². The molecule has 0 radical (unpaired) electrons. The predicted molar refractivity (Wildman–Crippen MR) is 59.3 cm³/mol. The minimum Gasteiger partial charge on any atom is -0.394 e. The lowest BCUT2D eigenvalue weighted by Gasteiger charge is -2.09. The molecule has 2 aromatic rings. The molecule has 0 saturated heterocycles. The fourth-order valence-electron chi connectivity index (χ4n) is 1.46. The van der Waals surface area contributed by atoms with E-state index in [0.29, 0.717) is 5.82 Å². The number of hydrogen-bond acceptors (Lipinski definition) is 5. The van der Waals surface area contributed by atoms with Gasteiger partial charge in [-0.2, -0.15) is 5.10 Å². The van der Waals surface area contributed by atoms with Gasteiger partial charge in [-0.3, -0.25) is 0 Å². The maximum Gasteiger partial charge on any atom is 0.152 e. The Morgan fingerprint density at radius 1 is 1.56 bits per heavy atom. The summed E-state index contributed by atoms with van der Waals surface area (Å²) in [7, 11) is 0. The third-order valence-corrected chi connectivity index (χ3v) is 2.23. The quantitative estimate of drug-likeness (QED) is 0.667. The monoisotopic (exact) mass is 222 g/mol. The summed E-state index contributed by atoms with van der Waals surface area (Å²) in [6.07, 6.45) is 2.61. The van der Waals surface area contributed by atoms with Crippen LogP contribution in [0.15, 0.2) is 18.5 Å². The molecule has 6 heteroatoms. The highest BCUT2D eigenvalue weighted by Crippen LogP contribution is 2.14. The van der Waals surface area contributed by atoms with Gasteiger partial charge in [0.2, 0.25) is 0 Å². The summed E-state index contributed by atoms with van der Waals surface area (Å²) < 4.78 is 1.72. The van der Waals surface area contributed by atoms with Crippen LogP contribution in [-0.2, 0) is 0 Å². The van der Waals surface area contributed by atoms with E-state index in [1.54, 1.807) is 16.9 Å². The van der Waals surface area contributed by atoms with Crippen molar-refractivity contribution in [3.05, 3.63) is 24.2 Å². The van der Waals surface area contributed by atoms with Gasteiger partial charge >= 0.3 is 0 Å². The van der Waals surface area contributed by atoms with Crippen molar-refractivity contribution < 1.29 is 10.2 Å². The third-order valence-electron chi connectivity index (χ3n) is 2.23. The first-order valence-electron chi connectivity index (χ1n) is 5.04. The van der Waals surface area contributed by atoms with E-state index in [9.17, 15) is 5.11 Å².